The van der Waals surface area contributed by atoms with Crippen molar-refractivity contribution in [3.8, 4) is 0 Å². The maximum atomic E-state index is 12.3. The summed E-state index contributed by atoms with van der Waals surface area (Å²) in [5.41, 5.74) is 0. The van der Waals surface area contributed by atoms with Gasteiger partial charge in [-0.15, -0.1) is 11.3 Å². The van der Waals surface area contributed by atoms with Crippen LogP contribution < -0.4 is 0 Å². The third-order valence-electron chi connectivity index (χ3n) is 3.42. The Kier molecular flexibility index (Phi) is 4.01. The molecule has 2 atom stereocenters. The topological polar surface area (TPSA) is 57.6 Å². The zero-order chi connectivity index (χ0) is 13.1. The summed E-state index contributed by atoms with van der Waals surface area (Å²) < 4.78 is 0. The van der Waals surface area contributed by atoms with Crippen molar-refractivity contribution >= 4 is 23.2 Å². The fraction of sp³-hybridized carbons (Fsp3) is 0.538. The molecule has 1 amide bonds. The van der Waals surface area contributed by atoms with E-state index in [9.17, 15) is 9.59 Å². The van der Waals surface area contributed by atoms with Crippen LogP contribution in [0.1, 0.15) is 30.6 Å². The minimum absolute atomic E-state index is 0.0448. The molecular formula is C13H17NO3S. The molecule has 1 saturated heterocycles. The third-order valence-corrected chi connectivity index (χ3v) is 4.48. The Hall–Kier alpha value is -1.36. The van der Waals surface area contributed by atoms with Gasteiger partial charge in [0.2, 0.25) is 5.91 Å². The lowest BCUT2D eigenvalue weighted by atomic mass is 9.96. The van der Waals surface area contributed by atoms with E-state index in [1.165, 1.54) is 0 Å². The van der Waals surface area contributed by atoms with E-state index in [1.54, 1.807) is 16.2 Å². The molecule has 4 nitrogen and oxygen atoms in total. The number of aliphatic carboxylic acids is 1. The molecule has 1 aromatic heterocycles. The van der Waals surface area contributed by atoms with Gasteiger partial charge < -0.3 is 10.0 Å². The molecule has 1 N–H and O–H groups in total. The Balaban J connectivity index is 2.02. The zero-order valence-electron chi connectivity index (χ0n) is 10.3. The van der Waals surface area contributed by atoms with Crippen LogP contribution in [0.4, 0.5) is 0 Å². The highest BCUT2D eigenvalue weighted by Crippen LogP contribution is 2.25. The second-order valence-corrected chi connectivity index (χ2v) is 5.68. The lowest BCUT2D eigenvalue weighted by molar-refractivity contribution is -0.146. The first kappa shape index (κ1) is 13.1. The first-order chi connectivity index (χ1) is 8.59. The van der Waals surface area contributed by atoms with Gasteiger partial charge in [0.1, 0.15) is 0 Å². The van der Waals surface area contributed by atoms with Crippen LogP contribution in [0.2, 0.25) is 0 Å². The number of carboxylic acid groups (broad SMARTS) is 1. The number of piperidine rings is 1. The Labute approximate surface area is 110 Å². The normalized spacial score (nSPS) is 21.6. The SMILES string of the molecule is C[C@H](C(=O)N1CCC[C@H](C(=O)O)C1)c1cccs1. The number of rotatable bonds is 3. The van der Waals surface area contributed by atoms with Gasteiger partial charge in [0.15, 0.2) is 0 Å². The second kappa shape index (κ2) is 5.52. The largest absolute Gasteiger partial charge is 0.481 e. The van der Waals surface area contributed by atoms with Gasteiger partial charge in [-0.1, -0.05) is 6.07 Å². The number of amides is 1. The van der Waals surface area contributed by atoms with Crippen molar-refractivity contribution in [3.63, 3.8) is 0 Å². The molecule has 0 radical (unpaired) electrons. The monoisotopic (exact) mass is 267 g/mol. The molecule has 0 aromatic carbocycles. The number of hydrogen-bond acceptors (Lipinski definition) is 3. The Morgan fingerprint density at radius 3 is 2.94 bits per heavy atom. The van der Waals surface area contributed by atoms with Gasteiger partial charge in [-0.25, -0.2) is 0 Å². The fourth-order valence-electron chi connectivity index (χ4n) is 2.31. The summed E-state index contributed by atoms with van der Waals surface area (Å²) in [6, 6.07) is 3.88. The summed E-state index contributed by atoms with van der Waals surface area (Å²) in [6.45, 7) is 2.92. The Bertz CT molecular complexity index is 429. The van der Waals surface area contributed by atoms with Crippen molar-refractivity contribution in [2.24, 2.45) is 5.92 Å². The number of thiophene rings is 1. The van der Waals surface area contributed by atoms with Crippen LogP contribution in [0.5, 0.6) is 0 Å². The first-order valence-electron chi connectivity index (χ1n) is 6.14. The van der Waals surface area contributed by atoms with Crippen LogP contribution >= 0.6 is 11.3 Å². The molecule has 0 aliphatic carbocycles. The van der Waals surface area contributed by atoms with Gasteiger partial charge in [0, 0.05) is 18.0 Å². The summed E-state index contributed by atoms with van der Waals surface area (Å²) in [5, 5.41) is 11.0. The Morgan fingerprint density at radius 2 is 2.33 bits per heavy atom. The van der Waals surface area contributed by atoms with E-state index < -0.39 is 11.9 Å². The number of likely N-dealkylation sites (tertiary alicyclic amines) is 1. The summed E-state index contributed by atoms with van der Waals surface area (Å²) in [5.74, 6) is -1.32. The molecular weight excluding hydrogens is 250 g/mol. The molecule has 2 heterocycles. The van der Waals surface area contributed by atoms with E-state index in [2.05, 4.69) is 0 Å². The van der Waals surface area contributed by atoms with Gasteiger partial charge >= 0.3 is 5.97 Å². The summed E-state index contributed by atoms with van der Waals surface area (Å²) >= 11 is 1.57. The lowest BCUT2D eigenvalue weighted by Crippen LogP contribution is -2.43. The van der Waals surface area contributed by atoms with Crippen LogP contribution in [0.15, 0.2) is 17.5 Å². The van der Waals surface area contributed by atoms with Gasteiger partial charge in [-0.3, -0.25) is 9.59 Å². The number of hydrogen-bond donors (Lipinski definition) is 1. The predicted molar refractivity (Wildman–Crippen MR) is 69.7 cm³/mol. The molecule has 1 aliphatic rings. The van der Waals surface area contributed by atoms with E-state index in [-0.39, 0.29) is 11.8 Å². The molecule has 1 fully saturated rings. The van der Waals surface area contributed by atoms with Crippen LogP contribution in [-0.4, -0.2) is 35.0 Å². The minimum atomic E-state index is -0.795. The highest BCUT2D eigenvalue weighted by Gasteiger charge is 2.30. The van der Waals surface area contributed by atoms with Gasteiger partial charge in [-0.05, 0) is 31.2 Å². The quantitative estimate of drug-likeness (QED) is 0.913. The van der Waals surface area contributed by atoms with E-state index >= 15 is 0 Å². The first-order valence-corrected chi connectivity index (χ1v) is 7.02. The van der Waals surface area contributed by atoms with E-state index in [0.29, 0.717) is 19.5 Å². The van der Waals surface area contributed by atoms with E-state index in [4.69, 9.17) is 5.11 Å². The van der Waals surface area contributed by atoms with Crippen LogP contribution in [0, 0.1) is 5.92 Å². The summed E-state index contributed by atoms with van der Waals surface area (Å²) in [4.78, 5) is 26.0. The van der Waals surface area contributed by atoms with Crippen molar-refractivity contribution in [1.82, 2.24) is 4.90 Å². The van der Waals surface area contributed by atoms with E-state index in [1.807, 2.05) is 24.4 Å². The van der Waals surface area contributed by atoms with Crippen molar-refractivity contribution < 1.29 is 14.7 Å². The van der Waals surface area contributed by atoms with Crippen molar-refractivity contribution in [2.45, 2.75) is 25.7 Å². The van der Waals surface area contributed by atoms with Crippen LogP contribution in [0.25, 0.3) is 0 Å². The standard InChI is InChI=1S/C13H17NO3S/c1-9(11-5-3-7-18-11)12(15)14-6-2-4-10(8-14)13(16)17/h3,5,7,9-10H,2,4,6,8H2,1H3,(H,16,17)/t9-,10-/m0/s1. The van der Waals surface area contributed by atoms with Gasteiger partial charge in [0.25, 0.3) is 0 Å². The maximum Gasteiger partial charge on any atom is 0.308 e. The molecule has 18 heavy (non-hydrogen) atoms. The average molecular weight is 267 g/mol. The predicted octanol–water partition coefficient (Wildman–Crippen LogP) is 2.17. The summed E-state index contributed by atoms with van der Waals surface area (Å²) in [6.07, 6.45) is 1.45. The van der Waals surface area contributed by atoms with E-state index in [0.717, 1.165) is 11.3 Å². The second-order valence-electron chi connectivity index (χ2n) is 4.70. The number of carboxylic acids is 1. The molecule has 0 saturated carbocycles. The number of carbonyl (C=O) groups excluding carboxylic acids is 1. The minimum Gasteiger partial charge on any atom is -0.481 e. The van der Waals surface area contributed by atoms with Gasteiger partial charge in [0.05, 0.1) is 11.8 Å². The fourth-order valence-corrected chi connectivity index (χ4v) is 3.09. The van der Waals surface area contributed by atoms with Crippen molar-refractivity contribution in [1.29, 1.82) is 0 Å². The zero-order valence-corrected chi connectivity index (χ0v) is 11.2. The maximum absolute atomic E-state index is 12.3. The number of carbonyl (C=O) groups is 2. The summed E-state index contributed by atoms with van der Waals surface area (Å²) in [7, 11) is 0. The molecule has 1 aromatic rings. The third kappa shape index (κ3) is 2.72. The van der Waals surface area contributed by atoms with Gasteiger partial charge in [-0.2, -0.15) is 0 Å². The van der Waals surface area contributed by atoms with Crippen LogP contribution in [-0.2, 0) is 9.59 Å². The molecule has 0 bridgehead atoms. The molecule has 0 spiro atoms. The van der Waals surface area contributed by atoms with Crippen molar-refractivity contribution in [3.05, 3.63) is 22.4 Å². The molecule has 5 heteroatoms. The highest BCUT2D eigenvalue weighted by molar-refractivity contribution is 7.10. The Morgan fingerprint density at radius 1 is 1.56 bits per heavy atom. The molecule has 98 valence electrons. The lowest BCUT2D eigenvalue weighted by Gasteiger charge is -2.32. The van der Waals surface area contributed by atoms with Crippen molar-refractivity contribution in [2.75, 3.05) is 13.1 Å². The van der Waals surface area contributed by atoms with Crippen LogP contribution in [0.3, 0.4) is 0 Å². The molecule has 1 aliphatic heterocycles. The number of nitrogens with zero attached hydrogens (tertiary/aromatic N) is 1. The molecule has 2 rings (SSSR count). The average Bonchev–Trinajstić information content (AvgIpc) is 2.91. The molecule has 0 unspecified atom stereocenters. The smallest absolute Gasteiger partial charge is 0.308 e. The highest BCUT2D eigenvalue weighted by atomic mass is 32.1.